The maximum absolute atomic E-state index is 11.3. The molecule has 23 heavy (non-hydrogen) atoms. The number of hydrogen-bond acceptors (Lipinski definition) is 3. The van der Waals surface area contributed by atoms with Crippen LogP contribution < -0.4 is 4.74 Å². The van der Waals surface area contributed by atoms with E-state index < -0.39 is 5.97 Å². The van der Waals surface area contributed by atoms with Crippen molar-refractivity contribution in [2.24, 2.45) is 0 Å². The van der Waals surface area contributed by atoms with E-state index >= 15 is 0 Å². The van der Waals surface area contributed by atoms with Crippen LogP contribution in [-0.2, 0) is 16.1 Å². The molecule has 0 amide bonds. The first-order valence-corrected chi connectivity index (χ1v) is 7.31. The minimum Gasteiger partial charge on any atom is -0.489 e. The van der Waals surface area contributed by atoms with Crippen LogP contribution >= 0.6 is 11.6 Å². The van der Waals surface area contributed by atoms with E-state index in [4.69, 9.17) is 27.5 Å². The Bertz CT molecular complexity index is 727. The summed E-state index contributed by atoms with van der Waals surface area (Å²) >= 11 is 6.08. The second-order valence-electron chi connectivity index (χ2n) is 4.59. The summed E-state index contributed by atoms with van der Waals surface area (Å²) in [5, 5.41) is 0.678. The fourth-order valence-electron chi connectivity index (χ4n) is 1.78. The average molecular weight is 327 g/mol. The van der Waals surface area contributed by atoms with E-state index in [1.165, 1.54) is 6.08 Å². The summed E-state index contributed by atoms with van der Waals surface area (Å²) in [4.78, 5) is 11.3. The summed E-state index contributed by atoms with van der Waals surface area (Å²) in [6.45, 7) is 0.366. The van der Waals surface area contributed by atoms with E-state index in [-0.39, 0.29) is 6.61 Å². The fraction of sp³-hybridized carbons (Fsp3) is 0.105. The summed E-state index contributed by atoms with van der Waals surface area (Å²) < 4.78 is 10.4. The minimum atomic E-state index is -0.470. The van der Waals surface area contributed by atoms with E-state index in [0.717, 1.165) is 16.9 Å². The van der Waals surface area contributed by atoms with Gasteiger partial charge in [-0.25, -0.2) is 4.79 Å². The Hall–Kier alpha value is -2.70. The van der Waals surface area contributed by atoms with Gasteiger partial charge in [-0.05, 0) is 29.8 Å². The highest BCUT2D eigenvalue weighted by Crippen LogP contribution is 2.19. The quantitative estimate of drug-likeness (QED) is 0.455. The van der Waals surface area contributed by atoms with Crippen molar-refractivity contribution < 1.29 is 14.3 Å². The van der Waals surface area contributed by atoms with Crippen LogP contribution in [0, 0.1) is 12.3 Å². The number of carbonyl (C=O) groups excluding carboxylic acids is 1. The Balaban J connectivity index is 1.90. The molecule has 0 radical (unpaired) electrons. The normalized spacial score (nSPS) is 10.3. The number of halogens is 1. The van der Waals surface area contributed by atoms with Gasteiger partial charge in [-0.1, -0.05) is 47.9 Å². The molecule has 0 aromatic heterocycles. The van der Waals surface area contributed by atoms with Crippen LogP contribution in [0.15, 0.2) is 54.6 Å². The highest BCUT2D eigenvalue weighted by molar-refractivity contribution is 6.31. The predicted octanol–water partition coefficient (Wildman–Crippen LogP) is 4.11. The number of hydrogen-bond donors (Lipinski definition) is 0. The van der Waals surface area contributed by atoms with E-state index in [0.29, 0.717) is 11.6 Å². The van der Waals surface area contributed by atoms with E-state index in [1.54, 1.807) is 6.08 Å². The van der Waals surface area contributed by atoms with Crippen LogP contribution in [-0.4, -0.2) is 12.6 Å². The summed E-state index contributed by atoms with van der Waals surface area (Å²) in [7, 11) is 0. The monoisotopic (exact) mass is 326 g/mol. The van der Waals surface area contributed by atoms with Crippen LogP contribution in [0.4, 0.5) is 0 Å². The molecule has 0 aliphatic rings. The second kappa shape index (κ2) is 8.67. The molecule has 0 spiro atoms. The van der Waals surface area contributed by atoms with Crippen LogP contribution in [0.2, 0.25) is 5.02 Å². The van der Waals surface area contributed by atoms with Crippen molar-refractivity contribution in [3.63, 3.8) is 0 Å². The molecule has 116 valence electrons. The van der Waals surface area contributed by atoms with Crippen molar-refractivity contribution in [3.8, 4) is 18.1 Å². The van der Waals surface area contributed by atoms with Crippen LogP contribution in [0.3, 0.4) is 0 Å². The molecule has 0 unspecified atom stereocenters. The van der Waals surface area contributed by atoms with Gasteiger partial charge in [0.2, 0.25) is 0 Å². The lowest BCUT2D eigenvalue weighted by molar-refractivity contribution is -0.136. The molecule has 0 saturated carbocycles. The van der Waals surface area contributed by atoms with E-state index in [9.17, 15) is 4.79 Å². The fourth-order valence-corrected chi connectivity index (χ4v) is 1.97. The number of terminal acetylenes is 1. The van der Waals surface area contributed by atoms with E-state index in [2.05, 4.69) is 5.92 Å². The molecule has 0 aliphatic carbocycles. The topological polar surface area (TPSA) is 35.5 Å². The Labute approximate surface area is 140 Å². The average Bonchev–Trinajstić information content (AvgIpc) is 2.58. The molecule has 0 saturated heterocycles. The summed E-state index contributed by atoms with van der Waals surface area (Å²) in [6, 6.07) is 14.9. The number of carbonyl (C=O) groups is 1. The Kier molecular flexibility index (Phi) is 6.28. The second-order valence-corrected chi connectivity index (χ2v) is 5.00. The molecule has 2 aromatic carbocycles. The van der Waals surface area contributed by atoms with Crippen molar-refractivity contribution >= 4 is 23.6 Å². The third-order valence-electron chi connectivity index (χ3n) is 2.94. The highest BCUT2D eigenvalue weighted by Gasteiger charge is 2.00. The number of esters is 1. The molecule has 0 aliphatic heterocycles. The van der Waals surface area contributed by atoms with Gasteiger partial charge in [0.05, 0.1) is 0 Å². The van der Waals surface area contributed by atoms with Gasteiger partial charge in [0, 0.05) is 16.7 Å². The zero-order valence-corrected chi connectivity index (χ0v) is 13.1. The summed E-state index contributed by atoms with van der Waals surface area (Å²) in [5.74, 6) is 2.48. The van der Waals surface area contributed by atoms with Gasteiger partial charge in [0.15, 0.2) is 6.61 Å². The van der Waals surface area contributed by atoms with Crippen molar-refractivity contribution in [1.82, 2.24) is 0 Å². The van der Waals surface area contributed by atoms with Gasteiger partial charge in [-0.15, -0.1) is 6.42 Å². The molecule has 3 nitrogen and oxygen atoms in total. The molecule has 0 bridgehead atoms. The lowest BCUT2D eigenvalue weighted by Gasteiger charge is -2.07. The smallest absolute Gasteiger partial charge is 0.331 e. The number of benzene rings is 2. The zero-order chi connectivity index (χ0) is 16.5. The Morgan fingerprint density at radius 3 is 2.61 bits per heavy atom. The SMILES string of the molecule is C#CCOC(=O)/C=C/c1ccc(OCc2ccccc2Cl)cc1. The lowest BCUT2D eigenvalue weighted by Crippen LogP contribution is -1.99. The van der Waals surface area contributed by atoms with Crippen molar-refractivity contribution in [2.75, 3.05) is 6.61 Å². The Morgan fingerprint density at radius 2 is 1.91 bits per heavy atom. The third kappa shape index (κ3) is 5.54. The third-order valence-corrected chi connectivity index (χ3v) is 3.31. The molecule has 0 fully saturated rings. The van der Waals surface area contributed by atoms with Gasteiger partial charge < -0.3 is 9.47 Å². The minimum absolute atomic E-state index is 0.0298. The molecular weight excluding hydrogens is 312 g/mol. The predicted molar refractivity (Wildman–Crippen MR) is 91.1 cm³/mol. The van der Waals surface area contributed by atoms with Gasteiger partial charge in [-0.3, -0.25) is 0 Å². The summed E-state index contributed by atoms with van der Waals surface area (Å²) in [5.41, 5.74) is 1.78. The van der Waals surface area contributed by atoms with E-state index in [1.807, 2.05) is 48.5 Å². The molecule has 0 heterocycles. The number of ether oxygens (including phenoxy) is 2. The molecule has 2 rings (SSSR count). The van der Waals surface area contributed by atoms with Gasteiger partial charge in [0.25, 0.3) is 0 Å². The van der Waals surface area contributed by atoms with Gasteiger partial charge >= 0.3 is 5.97 Å². The standard InChI is InChI=1S/C19H15ClO3/c1-2-13-22-19(21)12-9-15-7-10-17(11-8-15)23-14-16-5-3-4-6-18(16)20/h1,3-12H,13-14H2/b12-9+. The first-order chi connectivity index (χ1) is 11.2. The number of rotatable bonds is 6. The molecular formula is C19H15ClO3. The van der Waals surface area contributed by atoms with Gasteiger partial charge in [0.1, 0.15) is 12.4 Å². The summed E-state index contributed by atoms with van der Waals surface area (Å²) in [6.07, 6.45) is 7.99. The molecule has 2 aromatic rings. The highest BCUT2D eigenvalue weighted by atomic mass is 35.5. The molecule has 4 heteroatoms. The molecule has 0 atom stereocenters. The molecule has 0 N–H and O–H groups in total. The van der Waals surface area contributed by atoms with Crippen molar-refractivity contribution in [1.29, 1.82) is 0 Å². The lowest BCUT2D eigenvalue weighted by atomic mass is 10.2. The first kappa shape index (κ1) is 16.7. The van der Waals surface area contributed by atoms with Gasteiger partial charge in [-0.2, -0.15) is 0 Å². The van der Waals surface area contributed by atoms with Crippen LogP contribution in [0.1, 0.15) is 11.1 Å². The first-order valence-electron chi connectivity index (χ1n) is 6.93. The van der Waals surface area contributed by atoms with Crippen molar-refractivity contribution in [3.05, 3.63) is 70.8 Å². The zero-order valence-electron chi connectivity index (χ0n) is 12.4. The largest absolute Gasteiger partial charge is 0.489 e. The van der Waals surface area contributed by atoms with Crippen LogP contribution in [0.5, 0.6) is 5.75 Å². The van der Waals surface area contributed by atoms with Crippen molar-refractivity contribution in [2.45, 2.75) is 6.61 Å². The maximum Gasteiger partial charge on any atom is 0.331 e. The maximum atomic E-state index is 11.3. The Morgan fingerprint density at radius 1 is 1.17 bits per heavy atom. The van der Waals surface area contributed by atoms with Crippen LogP contribution in [0.25, 0.3) is 6.08 Å².